The van der Waals surface area contributed by atoms with E-state index in [0.717, 1.165) is 12.8 Å². The summed E-state index contributed by atoms with van der Waals surface area (Å²) in [5.41, 5.74) is 1.05. The van der Waals surface area contributed by atoms with E-state index in [-0.39, 0.29) is 30.2 Å². The molecule has 7 nitrogen and oxygen atoms in total. The number of rotatable bonds is 6. The number of halogens is 2. The SMILES string of the molecule is O=C(Nc1cccc(OCC(=O)N2CCN(C(=O)c3ccc(Cl)cc3Cl)CC2)c1)C1CC1. The van der Waals surface area contributed by atoms with Crippen molar-refractivity contribution in [1.29, 1.82) is 0 Å². The number of nitrogens with one attached hydrogen (secondary N) is 1. The van der Waals surface area contributed by atoms with Crippen LogP contribution in [-0.2, 0) is 9.59 Å². The molecule has 1 N–H and O–H groups in total. The fourth-order valence-electron chi connectivity index (χ4n) is 3.48. The molecule has 32 heavy (non-hydrogen) atoms. The minimum atomic E-state index is -0.180. The van der Waals surface area contributed by atoms with Crippen molar-refractivity contribution in [3.63, 3.8) is 0 Å². The van der Waals surface area contributed by atoms with Crippen LogP contribution in [-0.4, -0.2) is 60.3 Å². The zero-order valence-electron chi connectivity index (χ0n) is 17.4. The molecule has 1 saturated heterocycles. The van der Waals surface area contributed by atoms with Gasteiger partial charge in [0.05, 0.1) is 10.6 Å². The molecule has 3 amide bonds. The van der Waals surface area contributed by atoms with Gasteiger partial charge in [-0.2, -0.15) is 0 Å². The number of piperazine rings is 1. The maximum atomic E-state index is 12.7. The maximum absolute atomic E-state index is 12.7. The first-order chi connectivity index (χ1) is 15.4. The molecule has 1 aliphatic heterocycles. The minimum absolute atomic E-state index is 0.0190. The van der Waals surface area contributed by atoms with Gasteiger partial charge >= 0.3 is 0 Å². The number of nitrogens with zero attached hydrogens (tertiary/aromatic N) is 2. The highest BCUT2D eigenvalue weighted by Crippen LogP contribution is 2.30. The average Bonchev–Trinajstić information content (AvgIpc) is 3.63. The first kappa shape index (κ1) is 22.4. The molecular formula is C23H23Cl2N3O4. The highest BCUT2D eigenvalue weighted by atomic mass is 35.5. The van der Waals surface area contributed by atoms with Crippen molar-refractivity contribution in [3.8, 4) is 5.75 Å². The third kappa shape index (κ3) is 5.53. The summed E-state index contributed by atoms with van der Waals surface area (Å²) < 4.78 is 5.64. The molecule has 0 aromatic heterocycles. The van der Waals surface area contributed by atoms with Gasteiger partial charge in [-0.3, -0.25) is 14.4 Å². The molecule has 2 aromatic carbocycles. The Kier molecular flexibility index (Phi) is 6.86. The van der Waals surface area contributed by atoms with Gasteiger partial charge in [0.2, 0.25) is 5.91 Å². The smallest absolute Gasteiger partial charge is 0.260 e. The van der Waals surface area contributed by atoms with Gasteiger partial charge in [-0.15, -0.1) is 0 Å². The third-order valence-corrected chi connectivity index (χ3v) is 6.04. The molecule has 1 heterocycles. The predicted octanol–water partition coefficient (Wildman–Crippen LogP) is 3.71. The second-order valence-electron chi connectivity index (χ2n) is 7.88. The van der Waals surface area contributed by atoms with Crippen LogP contribution < -0.4 is 10.1 Å². The Morgan fingerprint density at radius 2 is 1.69 bits per heavy atom. The molecule has 2 aromatic rings. The quantitative estimate of drug-likeness (QED) is 0.690. The van der Waals surface area contributed by atoms with Crippen LogP contribution >= 0.6 is 23.2 Å². The first-order valence-corrected chi connectivity index (χ1v) is 11.2. The van der Waals surface area contributed by atoms with E-state index in [0.29, 0.717) is 53.2 Å². The second-order valence-corrected chi connectivity index (χ2v) is 8.72. The number of benzene rings is 2. The lowest BCUT2D eigenvalue weighted by Crippen LogP contribution is -2.51. The minimum Gasteiger partial charge on any atom is -0.484 e. The van der Waals surface area contributed by atoms with E-state index < -0.39 is 0 Å². The highest BCUT2D eigenvalue weighted by molar-refractivity contribution is 6.36. The van der Waals surface area contributed by atoms with E-state index in [1.807, 2.05) is 0 Å². The van der Waals surface area contributed by atoms with Crippen LogP contribution in [0.4, 0.5) is 5.69 Å². The van der Waals surface area contributed by atoms with Crippen LogP contribution in [0.15, 0.2) is 42.5 Å². The lowest BCUT2D eigenvalue weighted by atomic mass is 10.1. The van der Waals surface area contributed by atoms with Crippen LogP contribution in [0.1, 0.15) is 23.2 Å². The average molecular weight is 476 g/mol. The Labute approximate surface area is 196 Å². The fourth-order valence-corrected chi connectivity index (χ4v) is 3.97. The van der Waals surface area contributed by atoms with E-state index in [4.69, 9.17) is 27.9 Å². The molecule has 0 atom stereocenters. The molecule has 0 spiro atoms. The summed E-state index contributed by atoms with van der Waals surface area (Å²) in [6.07, 6.45) is 1.87. The predicted molar refractivity (Wildman–Crippen MR) is 122 cm³/mol. The van der Waals surface area contributed by atoms with Crippen LogP contribution in [0.5, 0.6) is 5.75 Å². The summed E-state index contributed by atoms with van der Waals surface area (Å²) in [7, 11) is 0. The van der Waals surface area contributed by atoms with E-state index in [9.17, 15) is 14.4 Å². The Morgan fingerprint density at radius 1 is 0.969 bits per heavy atom. The largest absolute Gasteiger partial charge is 0.484 e. The van der Waals surface area contributed by atoms with E-state index >= 15 is 0 Å². The Hall–Kier alpha value is -2.77. The van der Waals surface area contributed by atoms with Crippen molar-refractivity contribution < 1.29 is 19.1 Å². The molecule has 1 saturated carbocycles. The summed E-state index contributed by atoms with van der Waals surface area (Å²) in [4.78, 5) is 40.5. The van der Waals surface area contributed by atoms with Gasteiger partial charge in [0, 0.05) is 48.9 Å². The zero-order chi connectivity index (χ0) is 22.7. The van der Waals surface area contributed by atoms with Gasteiger partial charge in [-0.25, -0.2) is 0 Å². The lowest BCUT2D eigenvalue weighted by Gasteiger charge is -2.34. The summed E-state index contributed by atoms with van der Waals surface area (Å²) in [6, 6.07) is 11.8. The normalized spacial score (nSPS) is 15.9. The van der Waals surface area contributed by atoms with Crippen molar-refractivity contribution in [2.75, 3.05) is 38.1 Å². The Balaban J connectivity index is 1.26. The van der Waals surface area contributed by atoms with Gasteiger partial charge in [0.25, 0.3) is 11.8 Å². The van der Waals surface area contributed by atoms with Crippen molar-refractivity contribution in [2.24, 2.45) is 5.92 Å². The van der Waals surface area contributed by atoms with Crippen LogP contribution in [0.2, 0.25) is 10.0 Å². The number of carbonyl (C=O) groups is 3. The molecule has 4 rings (SSSR count). The van der Waals surface area contributed by atoms with Crippen LogP contribution in [0.3, 0.4) is 0 Å². The van der Waals surface area contributed by atoms with Gasteiger partial charge in [0.1, 0.15) is 5.75 Å². The third-order valence-electron chi connectivity index (χ3n) is 5.49. The van der Waals surface area contributed by atoms with Crippen molar-refractivity contribution in [2.45, 2.75) is 12.8 Å². The Morgan fingerprint density at radius 3 is 2.38 bits per heavy atom. The van der Waals surface area contributed by atoms with Gasteiger partial charge in [-0.05, 0) is 43.2 Å². The molecule has 9 heteroatoms. The molecule has 0 unspecified atom stereocenters. The molecule has 2 aliphatic rings. The monoisotopic (exact) mass is 475 g/mol. The summed E-state index contributed by atoms with van der Waals surface area (Å²) in [6.45, 7) is 1.53. The molecule has 0 bridgehead atoms. The van der Waals surface area contributed by atoms with Crippen molar-refractivity contribution in [3.05, 3.63) is 58.1 Å². The highest BCUT2D eigenvalue weighted by Gasteiger charge is 2.29. The van der Waals surface area contributed by atoms with Gasteiger partial charge in [-0.1, -0.05) is 29.3 Å². The number of carbonyl (C=O) groups excluding carboxylic acids is 3. The standard InChI is InChI=1S/C23H23Cl2N3O4/c24-16-6-7-19(20(25)12-16)23(31)28-10-8-27(9-11-28)21(29)14-32-18-3-1-2-17(13-18)26-22(30)15-4-5-15/h1-3,6-7,12-13,15H,4-5,8-11,14H2,(H,26,30). The summed E-state index contributed by atoms with van der Waals surface area (Å²) in [5.74, 6) is 0.306. The van der Waals surface area contributed by atoms with E-state index in [2.05, 4.69) is 5.32 Å². The molecule has 1 aliphatic carbocycles. The first-order valence-electron chi connectivity index (χ1n) is 10.5. The second kappa shape index (κ2) is 9.79. The van der Waals surface area contributed by atoms with Crippen molar-refractivity contribution >= 4 is 46.6 Å². The van der Waals surface area contributed by atoms with Crippen molar-refractivity contribution in [1.82, 2.24) is 9.80 Å². The molecular weight excluding hydrogens is 453 g/mol. The fraction of sp³-hybridized carbons (Fsp3) is 0.348. The lowest BCUT2D eigenvalue weighted by molar-refractivity contribution is -0.134. The number of hydrogen-bond donors (Lipinski definition) is 1. The number of anilines is 1. The molecule has 0 radical (unpaired) electrons. The van der Waals surface area contributed by atoms with E-state index in [1.165, 1.54) is 0 Å². The maximum Gasteiger partial charge on any atom is 0.260 e. The van der Waals surface area contributed by atoms with Crippen LogP contribution in [0, 0.1) is 5.92 Å². The number of amides is 3. The summed E-state index contributed by atoms with van der Waals surface area (Å²) in [5, 5.41) is 3.64. The molecule has 2 fully saturated rings. The van der Waals surface area contributed by atoms with Crippen LogP contribution in [0.25, 0.3) is 0 Å². The zero-order valence-corrected chi connectivity index (χ0v) is 18.9. The Bertz CT molecular complexity index is 1030. The summed E-state index contributed by atoms with van der Waals surface area (Å²) >= 11 is 12.0. The number of ether oxygens (including phenoxy) is 1. The molecule has 168 valence electrons. The van der Waals surface area contributed by atoms with Gasteiger partial charge < -0.3 is 19.9 Å². The topological polar surface area (TPSA) is 79.0 Å². The van der Waals surface area contributed by atoms with Gasteiger partial charge in [0.15, 0.2) is 6.61 Å². The number of hydrogen-bond acceptors (Lipinski definition) is 4. The van der Waals surface area contributed by atoms with E-state index in [1.54, 1.807) is 52.3 Å².